The molecule has 156 valence electrons. The average Bonchev–Trinajstić information content (AvgIpc) is 2.70. The van der Waals surface area contributed by atoms with Crippen LogP contribution in [0.15, 0.2) is 30.3 Å². The molecule has 8 heteroatoms. The zero-order valence-corrected chi connectivity index (χ0v) is 17.3. The molecule has 1 saturated heterocycles. The largest absolute Gasteiger partial charge is 0.379 e. The van der Waals surface area contributed by atoms with E-state index in [1.54, 1.807) is 0 Å². The minimum absolute atomic E-state index is 0.0176. The molecule has 29 heavy (non-hydrogen) atoms. The highest BCUT2D eigenvalue weighted by atomic mass is 19.1. The summed E-state index contributed by atoms with van der Waals surface area (Å²) in [5, 5.41) is 6.38. The van der Waals surface area contributed by atoms with E-state index in [2.05, 4.69) is 15.6 Å². The fourth-order valence-electron chi connectivity index (χ4n) is 3.87. The number of carbonyl (C=O) groups excluding carboxylic acids is 1. The molecule has 0 bridgehead atoms. The Kier molecular flexibility index (Phi) is 6.16. The third kappa shape index (κ3) is 4.39. The van der Waals surface area contributed by atoms with Crippen LogP contribution >= 0.6 is 0 Å². The molecule has 1 aromatic heterocycles. The Labute approximate surface area is 170 Å². The van der Waals surface area contributed by atoms with Crippen LogP contribution in [0.2, 0.25) is 0 Å². The summed E-state index contributed by atoms with van der Waals surface area (Å²) < 4.78 is 20.9. The second kappa shape index (κ2) is 8.44. The molecule has 1 fully saturated rings. The van der Waals surface area contributed by atoms with Crippen LogP contribution in [0.4, 0.5) is 21.7 Å². The van der Waals surface area contributed by atoms with Crippen molar-refractivity contribution in [3.8, 4) is 0 Å². The molecule has 2 heterocycles. The van der Waals surface area contributed by atoms with Crippen LogP contribution in [0.5, 0.6) is 0 Å². The normalized spacial score (nSPS) is 19.8. The summed E-state index contributed by atoms with van der Waals surface area (Å²) in [6.45, 7) is 3.15. The number of halogens is 1. The van der Waals surface area contributed by atoms with E-state index in [1.807, 2.05) is 52.3 Å². The van der Waals surface area contributed by atoms with E-state index in [9.17, 15) is 4.79 Å². The lowest BCUT2D eigenvalue weighted by Gasteiger charge is -2.42. The number of primary amides is 1. The number of quaternary nitrogens is 1. The van der Waals surface area contributed by atoms with Gasteiger partial charge < -0.3 is 21.1 Å². The number of carbonyl (C=O) groups is 1. The van der Waals surface area contributed by atoms with E-state index in [4.69, 9.17) is 10.5 Å². The summed E-state index contributed by atoms with van der Waals surface area (Å²) >= 11 is 0. The Hall–Kier alpha value is -2.55. The average molecular weight is 402 g/mol. The van der Waals surface area contributed by atoms with Gasteiger partial charge in [-0.1, -0.05) is 17.7 Å². The molecule has 2 atom stereocenters. The number of anilines is 2. The summed E-state index contributed by atoms with van der Waals surface area (Å²) in [5.74, 6) is -0.796. The van der Waals surface area contributed by atoms with E-state index < -0.39 is 11.7 Å². The number of aryl methyl sites for hydroxylation is 1. The van der Waals surface area contributed by atoms with Gasteiger partial charge in [0.05, 0.1) is 38.9 Å². The second-order valence-electron chi connectivity index (χ2n) is 7.91. The van der Waals surface area contributed by atoms with E-state index in [0.717, 1.165) is 17.7 Å². The number of hydrogen-bond donors (Lipinski definition) is 3. The number of benzene rings is 1. The molecule has 2 unspecified atom stereocenters. The summed E-state index contributed by atoms with van der Waals surface area (Å²) in [6, 6.07) is 8.92. The Balaban J connectivity index is 2.04. The Morgan fingerprint density at radius 3 is 2.62 bits per heavy atom. The Bertz CT molecular complexity index is 885. The highest BCUT2D eigenvalue weighted by Gasteiger charge is 2.42. The number of pyridine rings is 1. The molecule has 2 aromatic rings. The van der Waals surface area contributed by atoms with Crippen LogP contribution in [0.1, 0.15) is 22.3 Å². The van der Waals surface area contributed by atoms with E-state index >= 15 is 4.39 Å². The third-order valence-corrected chi connectivity index (χ3v) is 5.60. The van der Waals surface area contributed by atoms with Crippen molar-refractivity contribution < 1.29 is 13.9 Å². The van der Waals surface area contributed by atoms with Crippen LogP contribution in [0.25, 0.3) is 0 Å². The van der Waals surface area contributed by atoms with Gasteiger partial charge in [-0.2, -0.15) is 9.37 Å². The van der Waals surface area contributed by atoms with Crippen LogP contribution < -0.4 is 20.9 Å². The quantitative estimate of drug-likeness (QED) is 0.646. The summed E-state index contributed by atoms with van der Waals surface area (Å²) in [6.07, 6.45) is 0.762. The number of ether oxygens (including phenoxy) is 1. The number of hydrogen-bond acceptors (Lipinski definition) is 5. The minimum Gasteiger partial charge on any atom is -0.379 e. The number of aromatic nitrogens is 1. The maximum Gasteiger partial charge on any atom is 0.265 e. The molecular weight excluding hydrogens is 373 g/mol. The topological polar surface area (TPSA) is 89.3 Å². The van der Waals surface area contributed by atoms with Crippen molar-refractivity contribution in [2.24, 2.45) is 5.73 Å². The van der Waals surface area contributed by atoms with Gasteiger partial charge in [0, 0.05) is 12.1 Å². The molecule has 0 aliphatic carbocycles. The predicted octanol–water partition coefficient (Wildman–Crippen LogP) is 2.32. The van der Waals surface area contributed by atoms with E-state index in [1.165, 1.54) is 6.07 Å². The van der Waals surface area contributed by atoms with Crippen molar-refractivity contribution >= 4 is 23.2 Å². The van der Waals surface area contributed by atoms with Gasteiger partial charge >= 0.3 is 0 Å². The minimum atomic E-state index is -0.734. The lowest BCUT2D eigenvalue weighted by molar-refractivity contribution is 0.0237. The number of nitrogens with one attached hydrogen (secondary N) is 2. The van der Waals surface area contributed by atoms with Crippen molar-refractivity contribution in [1.29, 1.82) is 0 Å². The van der Waals surface area contributed by atoms with Crippen molar-refractivity contribution in [3.05, 3.63) is 47.3 Å². The lowest BCUT2D eigenvalue weighted by atomic mass is 9.99. The van der Waals surface area contributed by atoms with Gasteiger partial charge in [-0.15, -0.1) is 0 Å². The van der Waals surface area contributed by atoms with Crippen molar-refractivity contribution in [2.45, 2.75) is 25.4 Å². The smallest absolute Gasteiger partial charge is 0.265 e. The van der Waals surface area contributed by atoms with Gasteiger partial charge in [0.15, 0.2) is 0 Å². The molecule has 3 rings (SSSR count). The maximum atomic E-state index is 15.1. The van der Waals surface area contributed by atoms with E-state index in [0.29, 0.717) is 13.2 Å². The number of nitrogens with zero attached hydrogens (tertiary/aromatic N) is 2. The highest BCUT2D eigenvalue weighted by Crippen LogP contribution is 2.32. The van der Waals surface area contributed by atoms with Crippen molar-refractivity contribution in [3.63, 3.8) is 0 Å². The van der Waals surface area contributed by atoms with Gasteiger partial charge in [0.1, 0.15) is 11.9 Å². The number of rotatable bonds is 6. The van der Waals surface area contributed by atoms with Crippen LogP contribution in [-0.4, -0.2) is 57.3 Å². The first-order valence-electron chi connectivity index (χ1n) is 9.67. The Morgan fingerprint density at radius 1 is 1.31 bits per heavy atom. The first kappa shape index (κ1) is 21.2. The zero-order valence-electron chi connectivity index (χ0n) is 17.3. The highest BCUT2D eigenvalue weighted by molar-refractivity contribution is 5.98. The molecule has 0 spiro atoms. The second-order valence-corrected chi connectivity index (χ2v) is 7.91. The SMILES string of the molecule is CNC1COCCC1[N+](C)(C)c1nc(Nc2ccc(C)cc2)c(C(N)=O)cc1F. The van der Waals surface area contributed by atoms with E-state index in [-0.39, 0.29) is 33.8 Å². The third-order valence-electron chi connectivity index (χ3n) is 5.60. The lowest BCUT2D eigenvalue weighted by Crippen LogP contribution is -2.63. The molecule has 0 radical (unpaired) electrons. The van der Waals surface area contributed by atoms with Crippen molar-refractivity contribution in [1.82, 2.24) is 14.8 Å². The number of amides is 1. The fourth-order valence-corrected chi connectivity index (χ4v) is 3.87. The first-order valence-corrected chi connectivity index (χ1v) is 9.67. The molecule has 7 nitrogen and oxygen atoms in total. The molecule has 1 aromatic carbocycles. The van der Waals surface area contributed by atoms with Crippen LogP contribution in [0.3, 0.4) is 0 Å². The molecule has 1 aliphatic heterocycles. The first-order chi connectivity index (χ1) is 13.7. The van der Waals surface area contributed by atoms with Crippen LogP contribution in [0, 0.1) is 12.7 Å². The summed E-state index contributed by atoms with van der Waals surface area (Å²) in [7, 11) is 5.72. The molecular formula is C21H29FN5O2+. The zero-order chi connectivity index (χ0) is 21.2. The Morgan fingerprint density at radius 2 is 2.00 bits per heavy atom. The monoisotopic (exact) mass is 402 g/mol. The molecule has 0 saturated carbocycles. The summed E-state index contributed by atoms with van der Waals surface area (Å²) in [4.78, 5) is 16.5. The maximum absolute atomic E-state index is 15.1. The molecule has 1 amide bonds. The van der Waals surface area contributed by atoms with Gasteiger partial charge in [0.25, 0.3) is 11.7 Å². The van der Waals surface area contributed by atoms with Gasteiger partial charge in [-0.05, 0) is 32.2 Å². The molecule has 1 aliphatic rings. The van der Waals surface area contributed by atoms with Gasteiger partial charge in [0.2, 0.25) is 5.82 Å². The summed E-state index contributed by atoms with van der Waals surface area (Å²) in [5.41, 5.74) is 7.36. The number of nitrogens with two attached hydrogens (primary N) is 1. The standard InChI is InChI=1S/C21H28FN5O2/c1-13-5-7-14(8-6-13)25-20-15(19(23)28)11-16(22)21(26-20)27(3,4)18-9-10-29-12-17(18)24-2/h5-8,11,17-18,24H,9-10,12H2,1-4H3,(H2-,23,25,26,28)/p+1. The fraction of sp³-hybridized carbons (Fsp3) is 0.429. The predicted molar refractivity (Wildman–Crippen MR) is 113 cm³/mol. The van der Waals surface area contributed by atoms with Crippen LogP contribution in [-0.2, 0) is 4.74 Å². The van der Waals surface area contributed by atoms with Crippen molar-refractivity contribution in [2.75, 3.05) is 39.7 Å². The van der Waals surface area contributed by atoms with Gasteiger partial charge in [-0.3, -0.25) is 9.28 Å². The number of likely N-dealkylation sites (N-methyl/N-ethyl adjacent to an activating group) is 2. The van der Waals surface area contributed by atoms with Gasteiger partial charge in [-0.25, -0.2) is 0 Å². The molecule has 4 N–H and O–H groups in total.